The van der Waals surface area contributed by atoms with Crippen LogP contribution in [0.3, 0.4) is 0 Å². The molecule has 0 saturated carbocycles. The molecule has 0 unspecified atom stereocenters. The molecule has 3 heterocycles. The largest absolute Gasteiger partial charge is 0.340 e. The Morgan fingerprint density at radius 3 is 2.59 bits per heavy atom. The fraction of sp³-hybridized carbons (Fsp3) is 0.368. The Balaban J connectivity index is 1.51. The minimum Gasteiger partial charge on any atom is -0.340 e. The van der Waals surface area contributed by atoms with Crippen molar-refractivity contribution in [1.29, 1.82) is 0 Å². The molecule has 0 bridgehead atoms. The summed E-state index contributed by atoms with van der Waals surface area (Å²) >= 11 is 0. The van der Waals surface area contributed by atoms with E-state index in [-0.39, 0.29) is 11.5 Å². The van der Waals surface area contributed by atoms with E-state index in [0.29, 0.717) is 24.0 Å². The van der Waals surface area contributed by atoms with E-state index in [9.17, 15) is 9.59 Å². The molecule has 4 rings (SSSR count). The number of rotatable bonds is 4. The molecule has 1 aliphatic heterocycles. The van der Waals surface area contributed by atoms with Crippen LogP contribution < -0.4 is 5.56 Å². The summed E-state index contributed by atoms with van der Waals surface area (Å²) in [5, 5.41) is 4.76. The van der Waals surface area contributed by atoms with Gasteiger partial charge in [-0.1, -0.05) is 18.2 Å². The third-order valence-electron chi connectivity index (χ3n) is 4.98. The molecular weight excluding hydrogens is 344 g/mol. The molecule has 8 nitrogen and oxygen atoms in total. The minimum atomic E-state index is -0.173. The number of hydrogen-bond acceptors (Lipinski definition) is 5. The number of nitrogens with zero attached hydrogens (tertiary/aromatic N) is 6. The maximum Gasteiger partial charge on any atom is 0.264 e. The predicted molar refractivity (Wildman–Crippen MR) is 102 cm³/mol. The molecule has 1 aliphatic rings. The number of piperazine rings is 1. The molecule has 0 aliphatic carbocycles. The molecule has 1 saturated heterocycles. The highest BCUT2D eigenvalue weighted by Crippen LogP contribution is 2.13. The SMILES string of the molecule is CN1CCN(C(=O)CCn2cnc3c(cnn3-c3ccccc3)c2=O)CC1. The van der Waals surface area contributed by atoms with Crippen LogP contribution in [-0.2, 0) is 11.3 Å². The third kappa shape index (κ3) is 3.48. The summed E-state index contributed by atoms with van der Waals surface area (Å²) in [7, 11) is 2.05. The van der Waals surface area contributed by atoms with Gasteiger partial charge in [-0.3, -0.25) is 14.2 Å². The summed E-state index contributed by atoms with van der Waals surface area (Å²) in [6.07, 6.45) is 3.34. The van der Waals surface area contributed by atoms with Gasteiger partial charge in [0.05, 0.1) is 18.2 Å². The monoisotopic (exact) mass is 366 g/mol. The van der Waals surface area contributed by atoms with E-state index >= 15 is 0 Å². The normalized spacial score (nSPS) is 15.4. The lowest BCUT2D eigenvalue weighted by Gasteiger charge is -2.32. The number of likely N-dealkylation sites (N-methyl/N-ethyl adjacent to an activating group) is 1. The Bertz CT molecular complexity index is 1000. The molecule has 2 aromatic heterocycles. The van der Waals surface area contributed by atoms with Crippen LogP contribution in [-0.4, -0.2) is 68.3 Å². The predicted octanol–water partition coefficient (Wildman–Crippen LogP) is 0.746. The highest BCUT2D eigenvalue weighted by molar-refractivity contribution is 5.77. The van der Waals surface area contributed by atoms with E-state index in [0.717, 1.165) is 31.9 Å². The molecule has 8 heteroatoms. The van der Waals surface area contributed by atoms with Crippen molar-refractivity contribution in [2.45, 2.75) is 13.0 Å². The molecule has 0 spiro atoms. The average Bonchev–Trinajstić information content (AvgIpc) is 3.13. The number of hydrogen-bond donors (Lipinski definition) is 0. The van der Waals surface area contributed by atoms with Crippen LogP contribution in [0.2, 0.25) is 0 Å². The summed E-state index contributed by atoms with van der Waals surface area (Å²) in [6, 6.07) is 9.57. The van der Waals surface area contributed by atoms with Gasteiger partial charge in [-0.15, -0.1) is 0 Å². The Morgan fingerprint density at radius 1 is 1.11 bits per heavy atom. The molecule has 27 heavy (non-hydrogen) atoms. The van der Waals surface area contributed by atoms with E-state index in [1.165, 1.54) is 17.1 Å². The first-order chi connectivity index (χ1) is 13.1. The quantitative estimate of drug-likeness (QED) is 0.681. The molecule has 3 aromatic rings. The summed E-state index contributed by atoms with van der Waals surface area (Å²) in [4.78, 5) is 33.6. The molecule has 140 valence electrons. The van der Waals surface area contributed by atoms with Crippen molar-refractivity contribution in [1.82, 2.24) is 29.1 Å². The van der Waals surface area contributed by atoms with E-state index in [2.05, 4.69) is 22.0 Å². The van der Waals surface area contributed by atoms with Gasteiger partial charge in [0.25, 0.3) is 5.56 Å². The van der Waals surface area contributed by atoms with Crippen LogP contribution in [0.1, 0.15) is 6.42 Å². The fourth-order valence-corrected chi connectivity index (χ4v) is 3.30. The topological polar surface area (TPSA) is 76.3 Å². The van der Waals surface area contributed by atoms with Gasteiger partial charge in [-0.2, -0.15) is 5.10 Å². The van der Waals surface area contributed by atoms with Crippen LogP contribution in [0.5, 0.6) is 0 Å². The van der Waals surface area contributed by atoms with Crippen LogP contribution in [0.15, 0.2) is 47.7 Å². The van der Waals surface area contributed by atoms with Gasteiger partial charge in [-0.05, 0) is 19.2 Å². The summed E-state index contributed by atoms with van der Waals surface area (Å²) in [6.45, 7) is 3.58. The van der Waals surface area contributed by atoms with Gasteiger partial charge >= 0.3 is 0 Å². The lowest BCUT2D eigenvalue weighted by atomic mass is 10.3. The van der Waals surface area contributed by atoms with Crippen molar-refractivity contribution in [3.63, 3.8) is 0 Å². The molecule has 0 radical (unpaired) electrons. The number of para-hydroxylation sites is 1. The van der Waals surface area contributed by atoms with Crippen molar-refractivity contribution < 1.29 is 4.79 Å². The summed E-state index contributed by atoms with van der Waals surface area (Å²) in [5.41, 5.74) is 1.20. The van der Waals surface area contributed by atoms with Crippen LogP contribution in [0, 0.1) is 0 Å². The molecule has 1 aromatic carbocycles. The zero-order valence-electron chi connectivity index (χ0n) is 15.3. The fourth-order valence-electron chi connectivity index (χ4n) is 3.30. The molecule has 1 fully saturated rings. The van der Waals surface area contributed by atoms with Crippen molar-refractivity contribution in [2.24, 2.45) is 0 Å². The van der Waals surface area contributed by atoms with Crippen LogP contribution in [0.4, 0.5) is 0 Å². The Labute approximate surface area is 156 Å². The van der Waals surface area contributed by atoms with Gasteiger partial charge in [0, 0.05) is 39.1 Å². The van der Waals surface area contributed by atoms with Crippen molar-refractivity contribution in [3.05, 3.63) is 53.2 Å². The van der Waals surface area contributed by atoms with Gasteiger partial charge in [-0.25, -0.2) is 9.67 Å². The van der Waals surface area contributed by atoms with Crippen LogP contribution in [0.25, 0.3) is 16.7 Å². The first kappa shape index (κ1) is 17.4. The molecule has 0 atom stereocenters. The first-order valence-electron chi connectivity index (χ1n) is 9.08. The number of carbonyl (C=O) groups is 1. The van der Waals surface area contributed by atoms with E-state index in [1.807, 2.05) is 35.2 Å². The minimum absolute atomic E-state index is 0.0788. The number of benzene rings is 1. The Kier molecular flexibility index (Phi) is 4.72. The molecular formula is C19H22N6O2. The highest BCUT2D eigenvalue weighted by Gasteiger charge is 2.19. The molecule has 0 N–H and O–H groups in total. The highest BCUT2D eigenvalue weighted by atomic mass is 16.2. The van der Waals surface area contributed by atoms with Gasteiger partial charge in [0.15, 0.2) is 5.65 Å². The average molecular weight is 366 g/mol. The number of aromatic nitrogens is 4. The zero-order chi connectivity index (χ0) is 18.8. The maximum absolute atomic E-state index is 12.7. The zero-order valence-corrected chi connectivity index (χ0v) is 15.3. The standard InChI is InChI=1S/C19H22N6O2/c1-22-9-11-23(12-10-22)17(26)7-8-24-14-20-18-16(19(24)27)13-21-25(18)15-5-3-2-4-6-15/h2-6,13-14H,7-12H2,1H3. The second-order valence-corrected chi connectivity index (χ2v) is 6.81. The van der Waals surface area contributed by atoms with Crippen LogP contribution >= 0.6 is 0 Å². The van der Waals surface area contributed by atoms with Gasteiger partial charge in [0.2, 0.25) is 5.91 Å². The van der Waals surface area contributed by atoms with E-state index < -0.39 is 0 Å². The third-order valence-corrected chi connectivity index (χ3v) is 4.98. The lowest BCUT2D eigenvalue weighted by molar-refractivity contribution is -0.133. The van der Waals surface area contributed by atoms with Crippen molar-refractivity contribution in [2.75, 3.05) is 33.2 Å². The van der Waals surface area contributed by atoms with Crippen molar-refractivity contribution in [3.8, 4) is 5.69 Å². The van der Waals surface area contributed by atoms with E-state index in [4.69, 9.17) is 0 Å². The van der Waals surface area contributed by atoms with Gasteiger partial charge < -0.3 is 9.80 Å². The summed E-state index contributed by atoms with van der Waals surface area (Å²) < 4.78 is 3.14. The number of amides is 1. The van der Waals surface area contributed by atoms with E-state index in [1.54, 1.807) is 4.68 Å². The molecule has 1 amide bonds. The first-order valence-corrected chi connectivity index (χ1v) is 9.08. The van der Waals surface area contributed by atoms with Gasteiger partial charge in [0.1, 0.15) is 5.39 Å². The lowest BCUT2D eigenvalue weighted by Crippen LogP contribution is -2.47. The number of carbonyl (C=O) groups excluding carboxylic acids is 1. The Hall–Kier alpha value is -3.00. The number of fused-ring (bicyclic) bond motifs is 1. The number of aryl methyl sites for hydroxylation is 1. The Morgan fingerprint density at radius 2 is 1.85 bits per heavy atom. The summed E-state index contributed by atoms with van der Waals surface area (Å²) in [5.74, 6) is 0.0788. The maximum atomic E-state index is 12.7. The second-order valence-electron chi connectivity index (χ2n) is 6.81. The smallest absolute Gasteiger partial charge is 0.264 e. The van der Waals surface area contributed by atoms with Crippen molar-refractivity contribution >= 4 is 16.9 Å². The second kappa shape index (κ2) is 7.32.